The minimum atomic E-state index is -0.443. The fourth-order valence-corrected chi connectivity index (χ4v) is 5.16. The molecule has 0 aliphatic heterocycles. The van der Waals surface area contributed by atoms with E-state index in [-0.39, 0.29) is 10.8 Å². The van der Waals surface area contributed by atoms with Crippen molar-refractivity contribution in [3.63, 3.8) is 0 Å². The molecule has 2 aromatic heterocycles. The Balaban J connectivity index is 1.55. The first kappa shape index (κ1) is 22.6. The van der Waals surface area contributed by atoms with Crippen LogP contribution >= 0.6 is 34.4 Å². The van der Waals surface area contributed by atoms with Gasteiger partial charge in [0, 0.05) is 49.7 Å². The number of hydrogen-bond acceptors (Lipinski definition) is 6. The summed E-state index contributed by atoms with van der Waals surface area (Å²) in [4.78, 5) is 25.5. The van der Waals surface area contributed by atoms with E-state index in [4.69, 9.17) is 0 Å². The highest BCUT2D eigenvalue weighted by molar-refractivity contribution is 8.13. The fourth-order valence-electron chi connectivity index (χ4n) is 2.87. The highest BCUT2D eigenvalue weighted by atomic mass is 32.2. The molecule has 160 valence electrons. The summed E-state index contributed by atoms with van der Waals surface area (Å²) < 4.78 is 0. The molecule has 0 unspecified atom stereocenters. The summed E-state index contributed by atoms with van der Waals surface area (Å²) >= 11 is 4.45. The fraction of sp³-hybridized carbons (Fsp3) is 0.0385. The van der Waals surface area contributed by atoms with Crippen molar-refractivity contribution in [3.8, 4) is 33.4 Å². The van der Waals surface area contributed by atoms with Crippen LogP contribution in [0.4, 0.5) is 5.69 Å². The standard InChI is InChI=1S/C26H15NO3S3/c1-18(28)33-23-12-8-19(9-13-23)6-10-22-11-7-20(15-24(22)27(29)30)4-5-21-16-26(32-17-21)25-3-2-14-31-25/h2-3,7-9,11-17H,1H3. The third kappa shape index (κ3) is 6.00. The van der Waals surface area contributed by atoms with Crippen molar-refractivity contribution in [3.05, 3.63) is 104 Å². The third-order valence-corrected chi connectivity index (χ3v) is 7.16. The number of thioether (sulfide) groups is 1. The zero-order valence-corrected chi connectivity index (χ0v) is 19.8. The van der Waals surface area contributed by atoms with E-state index in [1.54, 1.807) is 59.1 Å². The van der Waals surface area contributed by atoms with Crippen molar-refractivity contribution in [2.24, 2.45) is 0 Å². The highest BCUT2D eigenvalue weighted by Gasteiger charge is 2.12. The molecule has 4 aromatic rings. The number of carbonyl (C=O) groups excluding carboxylic acids is 1. The molecular weight excluding hydrogens is 470 g/mol. The normalized spacial score (nSPS) is 9.97. The van der Waals surface area contributed by atoms with Crippen molar-refractivity contribution in [1.82, 2.24) is 0 Å². The molecular formula is C26H15NO3S3. The van der Waals surface area contributed by atoms with Gasteiger partial charge in [-0.3, -0.25) is 14.9 Å². The van der Waals surface area contributed by atoms with Gasteiger partial charge in [0.2, 0.25) is 0 Å². The Bertz CT molecular complexity index is 1440. The van der Waals surface area contributed by atoms with Crippen LogP contribution in [0.1, 0.15) is 29.2 Å². The molecule has 2 heterocycles. The highest BCUT2D eigenvalue weighted by Crippen LogP contribution is 2.30. The molecule has 7 heteroatoms. The second-order valence-corrected chi connectivity index (χ2v) is 9.89. The molecule has 0 aliphatic rings. The molecule has 0 saturated heterocycles. The minimum absolute atomic E-state index is 0.00889. The third-order valence-electron chi connectivity index (χ3n) is 4.37. The van der Waals surface area contributed by atoms with E-state index in [1.165, 1.54) is 17.9 Å². The van der Waals surface area contributed by atoms with Gasteiger partial charge in [-0.2, -0.15) is 0 Å². The van der Waals surface area contributed by atoms with Crippen LogP contribution in [0.2, 0.25) is 0 Å². The van der Waals surface area contributed by atoms with Crippen LogP contribution in [0.25, 0.3) is 9.75 Å². The molecule has 0 saturated carbocycles. The lowest BCUT2D eigenvalue weighted by molar-refractivity contribution is -0.385. The number of rotatable bonds is 3. The van der Waals surface area contributed by atoms with Crippen LogP contribution in [0, 0.1) is 33.8 Å². The quantitative estimate of drug-likeness (QED) is 0.138. The number of benzene rings is 2. The molecule has 33 heavy (non-hydrogen) atoms. The molecule has 4 rings (SSSR count). The van der Waals surface area contributed by atoms with Crippen molar-refractivity contribution in [1.29, 1.82) is 0 Å². The van der Waals surface area contributed by atoms with Gasteiger partial charge in [0.05, 0.1) is 4.92 Å². The largest absolute Gasteiger partial charge is 0.287 e. The number of thiophene rings is 2. The van der Waals surface area contributed by atoms with E-state index >= 15 is 0 Å². The maximum atomic E-state index is 11.6. The van der Waals surface area contributed by atoms with E-state index in [9.17, 15) is 14.9 Å². The Hall–Kier alpha value is -3.62. The van der Waals surface area contributed by atoms with Crippen LogP contribution in [0.5, 0.6) is 0 Å². The summed E-state index contributed by atoms with van der Waals surface area (Å²) in [5.74, 6) is 11.9. The SMILES string of the molecule is CC(=O)Sc1ccc(C#Cc2ccc(C#Cc3csc(-c4cccs4)c3)cc2[N+](=O)[O-])cc1. The van der Waals surface area contributed by atoms with Gasteiger partial charge < -0.3 is 0 Å². The molecule has 0 aliphatic carbocycles. The summed E-state index contributed by atoms with van der Waals surface area (Å²) in [6.07, 6.45) is 0. The van der Waals surface area contributed by atoms with Crippen LogP contribution in [-0.4, -0.2) is 10.0 Å². The Kier molecular flexibility index (Phi) is 7.07. The molecule has 0 fully saturated rings. The van der Waals surface area contributed by atoms with Gasteiger partial charge in [0.15, 0.2) is 5.12 Å². The van der Waals surface area contributed by atoms with E-state index in [2.05, 4.69) is 29.7 Å². The number of nitrogens with zero attached hydrogens (tertiary/aromatic N) is 1. The molecule has 0 radical (unpaired) electrons. The van der Waals surface area contributed by atoms with Gasteiger partial charge in [-0.15, -0.1) is 22.7 Å². The molecule has 2 aromatic carbocycles. The predicted octanol–water partition coefficient (Wildman–Crippen LogP) is 6.82. The Morgan fingerprint density at radius 3 is 2.30 bits per heavy atom. The van der Waals surface area contributed by atoms with Crippen molar-refractivity contribution < 1.29 is 9.72 Å². The average molecular weight is 486 g/mol. The summed E-state index contributed by atoms with van der Waals surface area (Å²) in [5, 5.41) is 15.6. The molecule has 0 atom stereocenters. The maximum Gasteiger partial charge on any atom is 0.286 e. The van der Waals surface area contributed by atoms with Crippen molar-refractivity contribution in [2.75, 3.05) is 0 Å². The van der Waals surface area contributed by atoms with Crippen molar-refractivity contribution in [2.45, 2.75) is 11.8 Å². The molecule has 0 bridgehead atoms. The van der Waals surface area contributed by atoms with E-state index in [0.29, 0.717) is 16.7 Å². The summed E-state index contributed by atoms with van der Waals surface area (Å²) in [7, 11) is 0. The Morgan fingerprint density at radius 2 is 1.61 bits per heavy atom. The smallest absolute Gasteiger partial charge is 0.286 e. The van der Waals surface area contributed by atoms with E-state index in [1.807, 2.05) is 22.9 Å². The lowest BCUT2D eigenvalue weighted by atomic mass is 10.1. The topological polar surface area (TPSA) is 60.2 Å². The minimum Gasteiger partial charge on any atom is -0.287 e. The predicted molar refractivity (Wildman–Crippen MR) is 136 cm³/mol. The van der Waals surface area contributed by atoms with E-state index < -0.39 is 4.92 Å². The first-order chi connectivity index (χ1) is 16.0. The van der Waals surface area contributed by atoms with Gasteiger partial charge >= 0.3 is 0 Å². The van der Waals surface area contributed by atoms with Gasteiger partial charge in [-0.05, 0) is 53.9 Å². The number of carbonyl (C=O) groups is 1. The molecule has 0 amide bonds. The molecule has 0 spiro atoms. The summed E-state index contributed by atoms with van der Waals surface area (Å²) in [6.45, 7) is 1.51. The summed E-state index contributed by atoms with van der Waals surface area (Å²) in [5.41, 5.74) is 2.38. The average Bonchev–Trinajstić information content (AvgIpc) is 3.49. The first-order valence-electron chi connectivity index (χ1n) is 9.71. The molecule has 4 nitrogen and oxygen atoms in total. The van der Waals surface area contributed by atoms with Crippen LogP contribution in [-0.2, 0) is 4.79 Å². The number of nitro groups is 1. The van der Waals surface area contributed by atoms with Crippen LogP contribution in [0.15, 0.2) is 76.3 Å². The lowest BCUT2D eigenvalue weighted by Gasteiger charge is -1.98. The molecule has 0 N–H and O–H groups in total. The van der Waals surface area contributed by atoms with Crippen molar-refractivity contribution >= 4 is 45.2 Å². The summed E-state index contributed by atoms with van der Waals surface area (Å²) in [6, 6.07) is 18.1. The first-order valence-corrected chi connectivity index (χ1v) is 12.3. The second kappa shape index (κ2) is 10.3. The number of hydrogen-bond donors (Lipinski definition) is 0. The lowest BCUT2D eigenvalue weighted by Crippen LogP contribution is -1.93. The van der Waals surface area contributed by atoms with Crippen LogP contribution in [0.3, 0.4) is 0 Å². The second-order valence-electron chi connectivity index (χ2n) is 6.78. The van der Waals surface area contributed by atoms with E-state index in [0.717, 1.165) is 27.1 Å². The maximum absolute atomic E-state index is 11.6. The van der Waals surface area contributed by atoms with Gasteiger partial charge in [-0.1, -0.05) is 41.5 Å². The zero-order chi connectivity index (χ0) is 23.2. The van der Waals surface area contributed by atoms with Gasteiger partial charge in [-0.25, -0.2) is 0 Å². The van der Waals surface area contributed by atoms with Crippen LogP contribution < -0.4 is 0 Å². The Labute approximate surface area is 203 Å². The Morgan fingerprint density at radius 1 is 0.879 bits per heavy atom. The number of nitro benzene ring substituents is 1. The monoisotopic (exact) mass is 485 g/mol. The zero-order valence-electron chi connectivity index (χ0n) is 17.3. The van der Waals surface area contributed by atoms with Gasteiger partial charge in [0.1, 0.15) is 5.56 Å². The van der Waals surface area contributed by atoms with Gasteiger partial charge in [0.25, 0.3) is 5.69 Å².